The highest BCUT2D eigenvalue weighted by Crippen LogP contribution is 2.44. The molecule has 0 heterocycles. The van der Waals surface area contributed by atoms with Crippen molar-refractivity contribution in [3.05, 3.63) is 60.7 Å². The van der Waals surface area contributed by atoms with Gasteiger partial charge in [-0.25, -0.2) is 0 Å². The van der Waals surface area contributed by atoms with E-state index in [4.69, 9.17) is 0 Å². The maximum absolute atomic E-state index is 12.6. The topological polar surface area (TPSA) is 41.1 Å². The van der Waals surface area contributed by atoms with E-state index in [0.29, 0.717) is 5.92 Å². The van der Waals surface area contributed by atoms with Crippen molar-refractivity contribution in [2.24, 2.45) is 11.8 Å². The lowest BCUT2D eigenvalue weighted by molar-refractivity contribution is -0.124. The van der Waals surface area contributed by atoms with Crippen molar-refractivity contribution >= 4 is 17.2 Å². The minimum Gasteiger partial charge on any atom is -0.380 e. The van der Waals surface area contributed by atoms with E-state index in [1.165, 1.54) is 0 Å². The zero-order valence-electron chi connectivity index (χ0n) is 17.0. The Bertz CT molecular complexity index is 756. The van der Waals surface area contributed by atoms with Crippen LogP contribution in [0.15, 0.2) is 60.7 Å². The van der Waals surface area contributed by atoms with E-state index in [1.807, 2.05) is 24.3 Å². The Morgan fingerprint density at radius 3 is 2.11 bits per heavy atom. The number of para-hydroxylation sites is 2. The SMILES string of the molecule is CC(=O)C1CC(C(C)(C)Nc2ccccc2)CCC1(C)Nc1ccccc1. The van der Waals surface area contributed by atoms with Crippen LogP contribution in [0.2, 0.25) is 0 Å². The molecular formula is C24H32N2O. The minimum absolute atomic E-state index is 0.00769. The number of ketones is 1. The van der Waals surface area contributed by atoms with Gasteiger partial charge in [0.1, 0.15) is 5.78 Å². The van der Waals surface area contributed by atoms with Crippen LogP contribution in [0.3, 0.4) is 0 Å². The van der Waals surface area contributed by atoms with Gasteiger partial charge in [0.25, 0.3) is 0 Å². The Hall–Kier alpha value is -2.29. The highest BCUT2D eigenvalue weighted by atomic mass is 16.1. The molecule has 27 heavy (non-hydrogen) atoms. The first-order chi connectivity index (χ1) is 12.8. The lowest BCUT2D eigenvalue weighted by atomic mass is 9.63. The molecule has 3 atom stereocenters. The normalized spacial score (nSPS) is 25.6. The molecule has 1 aliphatic rings. The lowest BCUT2D eigenvalue weighted by Gasteiger charge is -2.49. The van der Waals surface area contributed by atoms with Gasteiger partial charge in [-0.05, 0) is 77.1 Å². The van der Waals surface area contributed by atoms with Crippen LogP contribution in [0.1, 0.15) is 47.0 Å². The van der Waals surface area contributed by atoms with Crippen molar-refractivity contribution in [3.63, 3.8) is 0 Å². The van der Waals surface area contributed by atoms with E-state index in [-0.39, 0.29) is 22.8 Å². The van der Waals surface area contributed by atoms with E-state index in [1.54, 1.807) is 6.92 Å². The Balaban J connectivity index is 1.76. The molecule has 0 amide bonds. The maximum atomic E-state index is 12.6. The molecule has 3 heteroatoms. The van der Waals surface area contributed by atoms with Gasteiger partial charge in [0, 0.05) is 28.4 Å². The van der Waals surface area contributed by atoms with E-state index < -0.39 is 0 Å². The Morgan fingerprint density at radius 2 is 1.56 bits per heavy atom. The Labute approximate surface area is 163 Å². The molecule has 0 spiro atoms. The van der Waals surface area contributed by atoms with Crippen LogP contribution >= 0.6 is 0 Å². The summed E-state index contributed by atoms with van der Waals surface area (Å²) < 4.78 is 0. The van der Waals surface area contributed by atoms with Gasteiger partial charge in [0.15, 0.2) is 0 Å². The van der Waals surface area contributed by atoms with Gasteiger partial charge in [-0.3, -0.25) is 4.79 Å². The highest BCUT2D eigenvalue weighted by Gasteiger charge is 2.46. The van der Waals surface area contributed by atoms with Crippen LogP contribution in [-0.2, 0) is 4.79 Å². The van der Waals surface area contributed by atoms with Crippen LogP contribution in [0.4, 0.5) is 11.4 Å². The molecule has 2 N–H and O–H groups in total. The smallest absolute Gasteiger partial charge is 0.135 e. The first kappa shape index (κ1) is 19.5. The molecule has 1 saturated carbocycles. The zero-order chi connectivity index (χ0) is 19.5. The van der Waals surface area contributed by atoms with Gasteiger partial charge in [-0.1, -0.05) is 36.4 Å². The van der Waals surface area contributed by atoms with Crippen molar-refractivity contribution in [2.75, 3.05) is 10.6 Å². The molecule has 0 radical (unpaired) electrons. The summed E-state index contributed by atoms with van der Waals surface area (Å²) in [6.07, 6.45) is 2.97. The van der Waals surface area contributed by atoms with E-state index in [0.717, 1.165) is 30.6 Å². The van der Waals surface area contributed by atoms with E-state index in [2.05, 4.69) is 67.8 Å². The van der Waals surface area contributed by atoms with Crippen molar-refractivity contribution in [2.45, 2.75) is 58.0 Å². The van der Waals surface area contributed by atoms with E-state index in [9.17, 15) is 4.79 Å². The maximum Gasteiger partial charge on any atom is 0.135 e. The fraction of sp³-hybridized carbons (Fsp3) is 0.458. The summed E-state index contributed by atoms with van der Waals surface area (Å²) in [4.78, 5) is 12.6. The number of hydrogen-bond donors (Lipinski definition) is 2. The number of rotatable bonds is 6. The second kappa shape index (κ2) is 7.75. The largest absolute Gasteiger partial charge is 0.380 e. The summed E-state index contributed by atoms with van der Waals surface area (Å²) in [5.74, 6) is 0.728. The summed E-state index contributed by atoms with van der Waals surface area (Å²) in [5.41, 5.74) is 1.96. The highest BCUT2D eigenvalue weighted by molar-refractivity contribution is 5.80. The van der Waals surface area contributed by atoms with Gasteiger partial charge in [0.05, 0.1) is 0 Å². The molecular weight excluding hydrogens is 332 g/mol. The summed E-state index contributed by atoms with van der Waals surface area (Å²) in [7, 11) is 0. The van der Waals surface area contributed by atoms with Crippen LogP contribution in [0.25, 0.3) is 0 Å². The predicted octanol–water partition coefficient (Wildman–Crippen LogP) is 5.75. The molecule has 1 aliphatic carbocycles. The number of carbonyl (C=O) groups is 1. The van der Waals surface area contributed by atoms with Crippen LogP contribution in [0.5, 0.6) is 0 Å². The second-order valence-electron chi connectivity index (χ2n) is 8.76. The number of anilines is 2. The second-order valence-corrected chi connectivity index (χ2v) is 8.76. The van der Waals surface area contributed by atoms with Gasteiger partial charge >= 0.3 is 0 Å². The van der Waals surface area contributed by atoms with Crippen molar-refractivity contribution in [3.8, 4) is 0 Å². The average Bonchev–Trinajstić information content (AvgIpc) is 2.62. The average molecular weight is 365 g/mol. The van der Waals surface area contributed by atoms with Gasteiger partial charge in [-0.15, -0.1) is 0 Å². The Kier molecular flexibility index (Phi) is 5.59. The first-order valence-electron chi connectivity index (χ1n) is 9.97. The van der Waals surface area contributed by atoms with Crippen molar-refractivity contribution in [1.29, 1.82) is 0 Å². The summed E-state index contributed by atoms with van der Waals surface area (Å²) >= 11 is 0. The fourth-order valence-electron chi connectivity index (χ4n) is 4.58. The molecule has 1 fully saturated rings. The molecule has 0 aliphatic heterocycles. The van der Waals surface area contributed by atoms with Crippen LogP contribution < -0.4 is 10.6 Å². The predicted molar refractivity (Wildman–Crippen MR) is 114 cm³/mol. The van der Waals surface area contributed by atoms with Gasteiger partial charge in [0.2, 0.25) is 0 Å². The molecule has 3 rings (SSSR count). The van der Waals surface area contributed by atoms with Gasteiger partial charge in [-0.2, -0.15) is 0 Å². The molecule has 144 valence electrons. The molecule has 2 aromatic carbocycles. The zero-order valence-corrected chi connectivity index (χ0v) is 17.0. The first-order valence-corrected chi connectivity index (χ1v) is 9.97. The number of nitrogens with one attached hydrogen (secondary N) is 2. The third-order valence-electron chi connectivity index (χ3n) is 6.26. The molecule has 0 saturated heterocycles. The van der Waals surface area contributed by atoms with Gasteiger partial charge < -0.3 is 10.6 Å². The monoisotopic (exact) mass is 364 g/mol. The van der Waals surface area contributed by atoms with E-state index >= 15 is 0 Å². The third-order valence-corrected chi connectivity index (χ3v) is 6.26. The lowest BCUT2D eigenvalue weighted by Crippen LogP contribution is -2.53. The minimum atomic E-state index is -0.202. The molecule has 3 nitrogen and oxygen atoms in total. The molecule has 0 bridgehead atoms. The van der Waals surface area contributed by atoms with Crippen molar-refractivity contribution < 1.29 is 4.79 Å². The standard InChI is InChI=1S/C24H32N2O/c1-18(27)22-17-19(23(2,3)25-20-11-7-5-8-12-20)15-16-24(22,4)26-21-13-9-6-10-14-21/h5-14,19,22,25-26H,15-17H2,1-4H3. The summed E-state index contributed by atoms with van der Waals surface area (Å²) in [5, 5.41) is 7.36. The molecule has 3 unspecified atom stereocenters. The van der Waals surface area contributed by atoms with Crippen LogP contribution in [-0.4, -0.2) is 16.9 Å². The summed E-state index contributed by atoms with van der Waals surface area (Å²) in [6.45, 7) is 8.47. The molecule has 2 aromatic rings. The Morgan fingerprint density at radius 1 is 1.00 bits per heavy atom. The number of carbonyl (C=O) groups excluding carboxylic acids is 1. The molecule has 0 aromatic heterocycles. The van der Waals surface area contributed by atoms with Crippen LogP contribution in [0, 0.1) is 11.8 Å². The number of Topliss-reactive ketones (excluding diaryl/α,β-unsaturated/α-hetero) is 1. The third kappa shape index (κ3) is 4.52. The van der Waals surface area contributed by atoms with Crippen molar-refractivity contribution in [1.82, 2.24) is 0 Å². The summed E-state index contributed by atoms with van der Waals surface area (Å²) in [6, 6.07) is 20.6. The number of benzene rings is 2. The number of hydrogen-bond acceptors (Lipinski definition) is 3. The fourth-order valence-corrected chi connectivity index (χ4v) is 4.58. The quantitative estimate of drug-likeness (QED) is 0.685.